The lowest BCUT2D eigenvalue weighted by molar-refractivity contribution is -0.384. The Hall–Kier alpha value is -2.94. The van der Waals surface area contributed by atoms with Gasteiger partial charge < -0.3 is 9.73 Å². The summed E-state index contributed by atoms with van der Waals surface area (Å²) in [6.07, 6.45) is 0. The molecule has 1 N–H and O–H groups in total. The highest BCUT2D eigenvalue weighted by Gasteiger charge is 2.16. The van der Waals surface area contributed by atoms with Crippen LogP contribution in [0.4, 0.5) is 11.4 Å². The van der Waals surface area contributed by atoms with Crippen LogP contribution in [0.2, 0.25) is 0 Å². The van der Waals surface area contributed by atoms with E-state index in [1.54, 1.807) is 18.2 Å². The quantitative estimate of drug-likeness (QED) is 0.543. The molecule has 0 unspecified atom stereocenters. The Kier molecular flexibility index (Phi) is 4.17. The SMILES string of the molecule is O=C(Cn1c(=O)oc2cc([N+](=O)[O-])ccc21)Nc1cccc(Br)c1. The number of carbonyl (C=O) groups is 1. The first-order chi connectivity index (χ1) is 11.4. The normalized spacial score (nSPS) is 10.7. The summed E-state index contributed by atoms with van der Waals surface area (Å²) in [6, 6.07) is 10.8. The number of rotatable bonds is 4. The molecule has 0 aliphatic rings. The maximum Gasteiger partial charge on any atom is 0.420 e. The van der Waals surface area contributed by atoms with Gasteiger partial charge in [-0.05, 0) is 24.3 Å². The Morgan fingerprint density at radius 1 is 1.29 bits per heavy atom. The lowest BCUT2D eigenvalue weighted by Crippen LogP contribution is -2.24. The molecule has 8 nitrogen and oxygen atoms in total. The predicted octanol–water partition coefficient (Wildman–Crippen LogP) is 2.90. The summed E-state index contributed by atoms with van der Waals surface area (Å²) >= 11 is 3.30. The molecule has 0 spiro atoms. The summed E-state index contributed by atoms with van der Waals surface area (Å²) in [6.45, 7) is -0.268. The van der Waals surface area contributed by atoms with Gasteiger partial charge in [-0.25, -0.2) is 4.79 Å². The number of aromatic nitrogens is 1. The predicted molar refractivity (Wildman–Crippen MR) is 89.9 cm³/mol. The van der Waals surface area contributed by atoms with Crippen LogP contribution in [0.15, 0.2) is 56.1 Å². The molecule has 1 heterocycles. The molecule has 24 heavy (non-hydrogen) atoms. The van der Waals surface area contributed by atoms with Crippen molar-refractivity contribution in [1.82, 2.24) is 4.57 Å². The number of non-ortho nitro benzene ring substituents is 1. The Balaban J connectivity index is 1.87. The third kappa shape index (κ3) is 3.20. The molecule has 0 bridgehead atoms. The topological polar surface area (TPSA) is 107 Å². The Bertz CT molecular complexity index is 1010. The van der Waals surface area contributed by atoms with Crippen molar-refractivity contribution in [1.29, 1.82) is 0 Å². The van der Waals surface area contributed by atoms with E-state index in [2.05, 4.69) is 21.2 Å². The van der Waals surface area contributed by atoms with Gasteiger partial charge in [-0.1, -0.05) is 22.0 Å². The number of hydrogen-bond donors (Lipinski definition) is 1. The van der Waals surface area contributed by atoms with Gasteiger partial charge in [0, 0.05) is 16.2 Å². The van der Waals surface area contributed by atoms with Crippen molar-refractivity contribution in [3.63, 3.8) is 0 Å². The fourth-order valence-corrected chi connectivity index (χ4v) is 2.63. The molecule has 0 aliphatic heterocycles. The van der Waals surface area contributed by atoms with E-state index in [-0.39, 0.29) is 17.8 Å². The first kappa shape index (κ1) is 15.9. The van der Waals surface area contributed by atoms with Crippen LogP contribution in [0.3, 0.4) is 0 Å². The summed E-state index contributed by atoms with van der Waals surface area (Å²) in [5.74, 6) is -1.17. The number of nitrogens with zero attached hydrogens (tertiary/aromatic N) is 2. The summed E-state index contributed by atoms with van der Waals surface area (Å²) in [4.78, 5) is 34.2. The third-order valence-corrected chi connectivity index (χ3v) is 3.77. The van der Waals surface area contributed by atoms with E-state index in [0.29, 0.717) is 11.2 Å². The number of nitro groups is 1. The highest BCUT2D eigenvalue weighted by Crippen LogP contribution is 2.20. The van der Waals surface area contributed by atoms with E-state index in [9.17, 15) is 19.7 Å². The third-order valence-electron chi connectivity index (χ3n) is 3.27. The summed E-state index contributed by atoms with van der Waals surface area (Å²) in [5.41, 5.74) is 0.757. The second-order valence-corrected chi connectivity index (χ2v) is 5.84. The summed E-state index contributed by atoms with van der Waals surface area (Å²) in [5, 5.41) is 13.4. The number of amides is 1. The second kappa shape index (κ2) is 6.28. The highest BCUT2D eigenvalue weighted by atomic mass is 79.9. The summed E-state index contributed by atoms with van der Waals surface area (Å²) < 4.78 is 6.90. The molecule has 0 saturated carbocycles. The van der Waals surface area contributed by atoms with Gasteiger partial charge in [0.1, 0.15) is 6.54 Å². The average molecular weight is 392 g/mol. The van der Waals surface area contributed by atoms with E-state index >= 15 is 0 Å². The molecule has 122 valence electrons. The Morgan fingerprint density at radius 2 is 2.08 bits per heavy atom. The number of hydrogen-bond acceptors (Lipinski definition) is 5. The molecule has 0 fully saturated rings. The molecular weight excluding hydrogens is 382 g/mol. The lowest BCUT2D eigenvalue weighted by atomic mass is 10.3. The molecule has 3 aromatic rings. The van der Waals surface area contributed by atoms with Crippen LogP contribution >= 0.6 is 15.9 Å². The number of carbonyl (C=O) groups excluding carboxylic acids is 1. The number of fused-ring (bicyclic) bond motifs is 1. The fraction of sp³-hybridized carbons (Fsp3) is 0.0667. The largest absolute Gasteiger partial charge is 0.420 e. The number of anilines is 1. The van der Waals surface area contributed by atoms with E-state index in [1.807, 2.05) is 6.07 Å². The van der Waals surface area contributed by atoms with Gasteiger partial charge in [-0.3, -0.25) is 19.5 Å². The fourth-order valence-electron chi connectivity index (χ4n) is 2.23. The van der Waals surface area contributed by atoms with Crippen LogP contribution in [-0.4, -0.2) is 15.4 Å². The monoisotopic (exact) mass is 391 g/mol. The van der Waals surface area contributed by atoms with Gasteiger partial charge in [-0.2, -0.15) is 0 Å². The van der Waals surface area contributed by atoms with Crippen LogP contribution in [-0.2, 0) is 11.3 Å². The van der Waals surface area contributed by atoms with Gasteiger partial charge in [-0.15, -0.1) is 0 Å². The molecular formula is C15H10BrN3O5. The second-order valence-electron chi connectivity index (χ2n) is 4.92. The van der Waals surface area contributed by atoms with Crippen molar-refractivity contribution >= 4 is 44.3 Å². The Labute approximate surface area is 143 Å². The number of oxazole rings is 1. The van der Waals surface area contributed by atoms with Crippen molar-refractivity contribution < 1.29 is 14.1 Å². The van der Waals surface area contributed by atoms with Gasteiger partial charge in [0.15, 0.2) is 5.58 Å². The van der Waals surface area contributed by atoms with Crippen LogP contribution in [0, 0.1) is 10.1 Å². The number of nitro benzene ring substituents is 1. The maximum atomic E-state index is 12.1. The molecule has 2 aromatic carbocycles. The van der Waals surface area contributed by atoms with Gasteiger partial charge in [0.25, 0.3) is 5.69 Å². The molecule has 0 aliphatic carbocycles. The zero-order valence-electron chi connectivity index (χ0n) is 12.1. The lowest BCUT2D eigenvalue weighted by Gasteiger charge is -2.06. The van der Waals surface area contributed by atoms with Crippen LogP contribution in [0.5, 0.6) is 0 Å². The molecule has 0 saturated heterocycles. The molecule has 1 aromatic heterocycles. The molecule has 0 radical (unpaired) electrons. The standard InChI is InChI=1S/C15H10BrN3O5/c16-9-2-1-3-10(6-9)17-14(20)8-18-12-5-4-11(19(22)23)7-13(12)24-15(18)21/h1-7H,8H2,(H,17,20). The minimum atomic E-state index is -0.755. The molecule has 3 rings (SSSR count). The number of nitrogens with one attached hydrogen (secondary N) is 1. The van der Waals surface area contributed by atoms with E-state index < -0.39 is 16.6 Å². The van der Waals surface area contributed by atoms with Crippen molar-refractivity contribution in [2.24, 2.45) is 0 Å². The van der Waals surface area contributed by atoms with Gasteiger partial charge in [0.2, 0.25) is 5.91 Å². The van der Waals surface area contributed by atoms with Crippen LogP contribution in [0.25, 0.3) is 11.1 Å². The van der Waals surface area contributed by atoms with Crippen molar-refractivity contribution in [3.05, 3.63) is 67.6 Å². The average Bonchev–Trinajstić information content (AvgIpc) is 2.82. The van der Waals surface area contributed by atoms with E-state index in [4.69, 9.17) is 4.42 Å². The first-order valence-electron chi connectivity index (χ1n) is 6.77. The maximum absolute atomic E-state index is 12.1. The van der Waals surface area contributed by atoms with E-state index in [0.717, 1.165) is 15.1 Å². The van der Waals surface area contributed by atoms with Crippen LogP contribution in [0.1, 0.15) is 0 Å². The van der Waals surface area contributed by atoms with Crippen molar-refractivity contribution in [2.75, 3.05) is 5.32 Å². The van der Waals surface area contributed by atoms with Crippen molar-refractivity contribution in [3.8, 4) is 0 Å². The summed E-state index contributed by atoms with van der Waals surface area (Å²) in [7, 11) is 0. The van der Waals surface area contributed by atoms with E-state index in [1.165, 1.54) is 12.1 Å². The minimum absolute atomic E-state index is 0.0597. The van der Waals surface area contributed by atoms with Gasteiger partial charge >= 0.3 is 5.76 Å². The zero-order chi connectivity index (χ0) is 17.3. The number of halogens is 1. The number of benzene rings is 2. The van der Waals surface area contributed by atoms with Crippen molar-refractivity contribution in [2.45, 2.75) is 6.54 Å². The zero-order valence-corrected chi connectivity index (χ0v) is 13.6. The Morgan fingerprint density at radius 3 is 2.79 bits per heavy atom. The van der Waals surface area contributed by atoms with Gasteiger partial charge in [0.05, 0.1) is 16.5 Å². The smallest absolute Gasteiger partial charge is 0.407 e. The minimum Gasteiger partial charge on any atom is -0.407 e. The highest BCUT2D eigenvalue weighted by molar-refractivity contribution is 9.10. The first-order valence-corrected chi connectivity index (χ1v) is 7.56. The molecule has 0 atom stereocenters. The molecule has 9 heteroatoms. The molecule has 1 amide bonds. The van der Waals surface area contributed by atoms with Crippen LogP contribution < -0.4 is 11.1 Å².